The van der Waals surface area contributed by atoms with Gasteiger partial charge >= 0.3 is 0 Å². The molecule has 15 heavy (non-hydrogen) atoms. The minimum Gasteiger partial charge on any atom is -0.466 e. The second kappa shape index (κ2) is 4.05. The highest BCUT2D eigenvalue weighted by molar-refractivity contribution is 9.10. The molecule has 2 aromatic rings. The Hall–Kier alpha value is -1.31. The first kappa shape index (κ1) is 10.2. The fourth-order valence-electron chi connectivity index (χ4n) is 1.35. The van der Waals surface area contributed by atoms with Crippen LogP contribution in [-0.4, -0.2) is 10.2 Å². The summed E-state index contributed by atoms with van der Waals surface area (Å²) in [4.78, 5) is 0. The zero-order valence-electron chi connectivity index (χ0n) is 7.70. The van der Waals surface area contributed by atoms with Crippen LogP contribution in [0.4, 0.5) is 5.82 Å². The molecule has 2 heterocycles. The number of furan rings is 1. The molecule has 2 aromatic heterocycles. The van der Waals surface area contributed by atoms with Gasteiger partial charge in [-0.15, -0.1) is 0 Å². The van der Waals surface area contributed by atoms with Gasteiger partial charge in [0, 0.05) is 5.56 Å². The van der Waals surface area contributed by atoms with Gasteiger partial charge < -0.3 is 10.2 Å². The lowest BCUT2D eigenvalue weighted by atomic mass is 10.1. The Bertz CT molecular complexity index is 411. The number of aromatic nitrogens is 2. The third kappa shape index (κ3) is 1.76. The maximum atomic E-state index is 5.70. The van der Waals surface area contributed by atoms with Crippen molar-refractivity contribution in [2.75, 3.05) is 5.73 Å². The summed E-state index contributed by atoms with van der Waals surface area (Å²) in [5.74, 6) is 6.58. The monoisotopic (exact) mass is 271 g/mol. The molecule has 1 unspecified atom stereocenters. The fourth-order valence-corrected chi connectivity index (χ4v) is 1.78. The summed E-state index contributed by atoms with van der Waals surface area (Å²) < 4.78 is 6.13. The molecule has 0 aliphatic rings. The maximum absolute atomic E-state index is 5.70. The molecular formula is C8H10BrN5O. The van der Waals surface area contributed by atoms with Crippen LogP contribution in [0.3, 0.4) is 0 Å². The minimum atomic E-state index is -0.326. The molecule has 0 aromatic carbocycles. The van der Waals surface area contributed by atoms with Gasteiger partial charge in [-0.1, -0.05) is 0 Å². The van der Waals surface area contributed by atoms with Crippen LogP contribution in [0.5, 0.6) is 0 Å². The highest BCUT2D eigenvalue weighted by atomic mass is 79.9. The van der Waals surface area contributed by atoms with E-state index in [4.69, 9.17) is 16.0 Å². The molecule has 7 heteroatoms. The Morgan fingerprint density at radius 3 is 2.87 bits per heavy atom. The van der Waals surface area contributed by atoms with Gasteiger partial charge in [-0.2, -0.15) is 5.10 Å². The number of rotatable bonds is 3. The standard InChI is InChI=1S/C8H10BrN5O/c9-5-1-2-15-7(5)6(13-11)4-3-12-14-8(4)10/h1-3,6,13H,11H2,(H3,10,12,14). The second-order valence-corrected chi connectivity index (χ2v) is 3.83. The zero-order chi connectivity index (χ0) is 10.8. The number of H-pyrrole nitrogens is 1. The number of nitrogen functional groups attached to an aromatic ring is 1. The van der Waals surface area contributed by atoms with Crippen molar-refractivity contribution in [3.05, 3.63) is 34.3 Å². The number of hydrogen-bond acceptors (Lipinski definition) is 5. The van der Waals surface area contributed by atoms with Crippen molar-refractivity contribution < 1.29 is 4.42 Å². The number of nitrogens with one attached hydrogen (secondary N) is 2. The molecule has 2 rings (SSSR count). The SMILES string of the molecule is NNC(c1cn[nH]c1N)c1occc1Br. The van der Waals surface area contributed by atoms with Crippen LogP contribution >= 0.6 is 15.9 Å². The van der Waals surface area contributed by atoms with Crippen LogP contribution in [0.25, 0.3) is 0 Å². The zero-order valence-corrected chi connectivity index (χ0v) is 9.28. The predicted molar refractivity (Wildman–Crippen MR) is 58.6 cm³/mol. The van der Waals surface area contributed by atoms with E-state index >= 15 is 0 Å². The number of hydrazine groups is 1. The lowest BCUT2D eigenvalue weighted by Crippen LogP contribution is -2.29. The molecule has 0 fully saturated rings. The van der Waals surface area contributed by atoms with Gasteiger partial charge in [0.25, 0.3) is 0 Å². The summed E-state index contributed by atoms with van der Waals surface area (Å²) in [6.07, 6.45) is 3.18. The Morgan fingerprint density at radius 2 is 2.40 bits per heavy atom. The van der Waals surface area contributed by atoms with Crippen LogP contribution in [-0.2, 0) is 0 Å². The lowest BCUT2D eigenvalue weighted by molar-refractivity contribution is 0.450. The van der Waals surface area contributed by atoms with E-state index in [0.717, 1.165) is 10.0 Å². The minimum absolute atomic E-state index is 0.326. The Labute approximate surface area is 94.1 Å². The van der Waals surface area contributed by atoms with E-state index in [1.807, 2.05) is 0 Å². The lowest BCUT2D eigenvalue weighted by Gasteiger charge is -2.12. The van der Waals surface area contributed by atoms with E-state index in [2.05, 4.69) is 31.6 Å². The smallest absolute Gasteiger partial charge is 0.140 e. The fraction of sp³-hybridized carbons (Fsp3) is 0.125. The predicted octanol–water partition coefficient (Wildman–Crippen LogP) is 0.900. The molecule has 0 spiro atoms. The van der Waals surface area contributed by atoms with Gasteiger partial charge in [-0.25, -0.2) is 5.43 Å². The topological polar surface area (TPSA) is 106 Å². The molecule has 0 aliphatic carbocycles. The summed E-state index contributed by atoms with van der Waals surface area (Å²) >= 11 is 3.36. The summed E-state index contributed by atoms with van der Waals surface area (Å²) in [6.45, 7) is 0. The summed E-state index contributed by atoms with van der Waals surface area (Å²) in [5.41, 5.74) is 9.07. The van der Waals surface area contributed by atoms with Crippen LogP contribution in [0, 0.1) is 0 Å². The van der Waals surface area contributed by atoms with Gasteiger partial charge in [0.1, 0.15) is 17.6 Å². The van der Waals surface area contributed by atoms with Crippen LogP contribution in [0.2, 0.25) is 0 Å². The van der Waals surface area contributed by atoms with E-state index in [-0.39, 0.29) is 6.04 Å². The molecule has 6 N–H and O–H groups in total. The molecule has 80 valence electrons. The normalized spacial score (nSPS) is 12.9. The van der Waals surface area contributed by atoms with Crippen molar-refractivity contribution in [3.63, 3.8) is 0 Å². The molecule has 0 radical (unpaired) electrons. The average Bonchev–Trinajstić information content (AvgIpc) is 2.80. The van der Waals surface area contributed by atoms with Gasteiger partial charge in [0.2, 0.25) is 0 Å². The van der Waals surface area contributed by atoms with Crippen molar-refractivity contribution in [1.29, 1.82) is 0 Å². The quantitative estimate of drug-likeness (QED) is 0.490. The van der Waals surface area contributed by atoms with E-state index in [1.54, 1.807) is 18.5 Å². The van der Waals surface area contributed by atoms with Gasteiger partial charge in [0.15, 0.2) is 0 Å². The number of nitrogens with zero attached hydrogens (tertiary/aromatic N) is 1. The third-order valence-corrected chi connectivity index (χ3v) is 2.74. The van der Waals surface area contributed by atoms with Gasteiger partial charge in [-0.05, 0) is 22.0 Å². The van der Waals surface area contributed by atoms with E-state index in [9.17, 15) is 0 Å². The summed E-state index contributed by atoms with van der Waals surface area (Å²) in [6, 6.07) is 1.46. The molecule has 0 bridgehead atoms. The number of nitrogens with two attached hydrogens (primary N) is 2. The van der Waals surface area contributed by atoms with Crippen molar-refractivity contribution in [2.45, 2.75) is 6.04 Å². The van der Waals surface area contributed by atoms with E-state index < -0.39 is 0 Å². The third-order valence-electron chi connectivity index (χ3n) is 2.08. The van der Waals surface area contributed by atoms with Crippen molar-refractivity contribution in [1.82, 2.24) is 15.6 Å². The Kier molecular flexibility index (Phi) is 2.76. The first-order valence-electron chi connectivity index (χ1n) is 4.21. The van der Waals surface area contributed by atoms with Crippen molar-refractivity contribution in [2.24, 2.45) is 5.84 Å². The first-order valence-corrected chi connectivity index (χ1v) is 5.01. The van der Waals surface area contributed by atoms with Crippen LogP contribution < -0.4 is 17.0 Å². The molecule has 0 aliphatic heterocycles. The van der Waals surface area contributed by atoms with Crippen molar-refractivity contribution in [3.8, 4) is 0 Å². The number of anilines is 1. The second-order valence-electron chi connectivity index (χ2n) is 2.97. The maximum Gasteiger partial charge on any atom is 0.140 e. The number of aromatic amines is 1. The van der Waals surface area contributed by atoms with Crippen LogP contribution in [0.1, 0.15) is 17.4 Å². The number of hydrogen-bond donors (Lipinski definition) is 4. The molecule has 0 amide bonds. The molecule has 1 atom stereocenters. The molecule has 0 saturated heterocycles. The highest BCUT2D eigenvalue weighted by Crippen LogP contribution is 2.30. The van der Waals surface area contributed by atoms with Crippen LogP contribution in [0.15, 0.2) is 27.4 Å². The summed E-state index contributed by atoms with van der Waals surface area (Å²) in [5, 5.41) is 6.47. The Balaban J connectivity index is 2.41. The highest BCUT2D eigenvalue weighted by Gasteiger charge is 2.21. The van der Waals surface area contributed by atoms with E-state index in [1.165, 1.54) is 0 Å². The van der Waals surface area contributed by atoms with E-state index in [0.29, 0.717) is 11.6 Å². The molecular weight excluding hydrogens is 262 g/mol. The van der Waals surface area contributed by atoms with Gasteiger partial charge in [-0.3, -0.25) is 10.9 Å². The number of halogens is 1. The van der Waals surface area contributed by atoms with Gasteiger partial charge in [0.05, 0.1) is 16.9 Å². The van der Waals surface area contributed by atoms with Crippen molar-refractivity contribution >= 4 is 21.7 Å². The molecule has 6 nitrogen and oxygen atoms in total. The summed E-state index contributed by atoms with van der Waals surface area (Å²) in [7, 11) is 0. The first-order chi connectivity index (χ1) is 7.24. The molecule has 0 saturated carbocycles. The largest absolute Gasteiger partial charge is 0.466 e. The average molecular weight is 272 g/mol. The Morgan fingerprint density at radius 1 is 1.60 bits per heavy atom.